The van der Waals surface area contributed by atoms with Gasteiger partial charge in [0.15, 0.2) is 6.61 Å². The summed E-state index contributed by atoms with van der Waals surface area (Å²) in [5, 5.41) is 3.19. The Kier molecular flexibility index (Phi) is 5.01. The number of carbonyl (C=O) groups is 2. The van der Waals surface area contributed by atoms with E-state index >= 15 is 0 Å². The van der Waals surface area contributed by atoms with Crippen LogP contribution in [0, 0.1) is 6.92 Å². The summed E-state index contributed by atoms with van der Waals surface area (Å²) in [5.74, 6) is -0.516. The van der Waals surface area contributed by atoms with Crippen LogP contribution >= 0.6 is 11.6 Å². The van der Waals surface area contributed by atoms with Crippen molar-refractivity contribution in [3.8, 4) is 5.75 Å². The summed E-state index contributed by atoms with van der Waals surface area (Å²) in [5.41, 5.74) is 6.93. The first kappa shape index (κ1) is 15.9. The van der Waals surface area contributed by atoms with Crippen molar-refractivity contribution in [3.63, 3.8) is 0 Å². The number of aryl methyl sites for hydroxylation is 1. The number of carbonyl (C=O) groups excluding carboxylic acids is 2. The quantitative estimate of drug-likeness (QED) is 0.889. The number of hydrogen-bond donors (Lipinski definition) is 2. The third-order valence-corrected chi connectivity index (χ3v) is 3.16. The SMILES string of the molecule is Cc1ccc(NC(=O)c2cccc(OCC(N)=O)c2)c(Cl)c1. The molecular formula is C16H15ClN2O3. The predicted octanol–water partition coefficient (Wildman–Crippen LogP) is 2.76. The molecular weight excluding hydrogens is 304 g/mol. The Morgan fingerprint density at radius 2 is 2.00 bits per heavy atom. The highest BCUT2D eigenvalue weighted by atomic mass is 35.5. The minimum absolute atomic E-state index is 0.241. The average Bonchev–Trinajstić information content (AvgIpc) is 2.48. The summed E-state index contributed by atoms with van der Waals surface area (Å²) in [7, 11) is 0. The summed E-state index contributed by atoms with van der Waals surface area (Å²) < 4.78 is 5.17. The summed E-state index contributed by atoms with van der Waals surface area (Å²) in [4.78, 5) is 22.9. The van der Waals surface area contributed by atoms with Gasteiger partial charge in [-0.25, -0.2) is 0 Å². The number of anilines is 1. The van der Waals surface area contributed by atoms with Gasteiger partial charge in [-0.15, -0.1) is 0 Å². The van der Waals surface area contributed by atoms with Crippen molar-refractivity contribution in [1.82, 2.24) is 0 Å². The molecule has 0 fully saturated rings. The Morgan fingerprint density at radius 1 is 1.23 bits per heavy atom. The molecule has 0 aromatic heterocycles. The van der Waals surface area contributed by atoms with E-state index in [-0.39, 0.29) is 12.5 Å². The van der Waals surface area contributed by atoms with Gasteiger partial charge in [0.1, 0.15) is 5.75 Å². The van der Waals surface area contributed by atoms with Crippen LogP contribution in [0.15, 0.2) is 42.5 Å². The first-order valence-electron chi connectivity index (χ1n) is 6.54. The Hall–Kier alpha value is -2.53. The van der Waals surface area contributed by atoms with Crippen LogP contribution in [0.1, 0.15) is 15.9 Å². The maximum Gasteiger partial charge on any atom is 0.255 e. The molecule has 0 spiro atoms. The molecule has 3 N–H and O–H groups in total. The van der Waals surface area contributed by atoms with Gasteiger partial charge in [0, 0.05) is 5.56 Å². The van der Waals surface area contributed by atoms with Gasteiger partial charge in [-0.3, -0.25) is 9.59 Å². The maximum absolute atomic E-state index is 12.2. The van der Waals surface area contributed by atoms with Crippen molar-refractivity contribution in [2.75, 3.05) is 11.9 Å². The lowest BCUT2D eigenvalue weighted by atomic mass is 10.2. The fraction of sp³-hybridized carbons (Fsp3) is 0.125. The van der Waals surface area contributed by atoms with E-state index in [9.17, 15) is 9.59 Å². The van der Waals surface area contributed by atoms with Crippen LogP contribution in [-0.4, -0.2) is 18.4 Å². The normalized spacial score (nSPS) is 10.1. The number of halogens is 1. The molecule has 6 heteroatoms. The van der Waals surface area contributed by atoms with Crippen LogP contribution in [0.5, 0.6) is 5.75 Å². The Labute approximate surface area is 133 Å². The van der Waals surface area contributed by atoms with Gasteiger partial charge in [-0.05, 0) is 42.8 Å². The lowest BCUT2D eigenvalue weighted by molar-refractivity contribution is -0.119. The smallest absolute Gasteiger partial charge is 0.255 e. The number of nitrogens with one attached hydrogen (secondary N) is 1. The van der Waals surface area contributed by atoms with E-state index in [2.05, 4.69) is 5.32 Å². The largest absolute Gasteiger partial charge is 0.484 e. The number of primary amides is 1. The predicted molar refractivity (Wildman–Crippen MR) is 85.3 cm³/mol. The van der Waals surface area contributed by atoms with Gasteiger partial charge in [0.25, 0.3) is 11.8 Å². The van der Waals surface area contributed by atoms with Gasteiger partial charge in [-0.1, -0.05) is 23.7 Å². The van der Waals surface area contributed by atoms with E-state index in [1.165, 1.54) is 6.07 Å². The van der Waals surface area contributed by atoms with Crippen molar-refractivity contribution in [3.05, 3.63) is 58.6 Å². The van der Waals surface area contributed by atoms with Crippen LogP contribution in [-0.2, 0) is 4.79 Å². The fourth-order valence-corrected chi connectivity index (χ4v) is 2.08. The molecule has 0 unspecified atom stereocenters. The molecule has 2 aromatic carbocycles. The van der Waals surface area contributed by atoms with Crippen LogP contribution in [0.2, 0.25) is 5.02 Å². The van der Waals surface area contributed by atoms with Crippen molar-refractivity contribution in [2.45, 2.75) is 6.92 Å². The number of hydrogen-bond acceptors (Lipinski definition) is 3. The Bertz CT molecular complexity index is 716. The Morgan fingerprint density at radius 3 is 2.68 bits per heavy atom. The van der Waals surface area contributed by atoms with Crippen molar-refractivity contribution >= 4 is 29.1 Å². The average molecular weight is 319 g/mol. The van der Waals surface area contributed by atoms with Gasteiger partial charge < -0.3 is 15.8 Å². The number of ether oxygens (including phenoxy) is 1. The summed E-state index contributed by atoms with van der Waals surface area (Å²) in [6.45, 7) is 1.67. The van der Waals surface area contributed by atoms with Crippen LogP contribution < -0.4 is 15.8 Å². The van der Waals surface area contributed by atoms with E-state index in [0.717, 1.165) is 5.56 Å². The second kappa shape index (κ2) is 6.95. The molecule has 22 heavy (non-hydrogen) atoms. The minimum atomic E-state index is -0.582. The molecule has 0 heterocycles. The van der Waals surface area contributed by atoms with Crippen LogP contribution in [0.4, 0.5) is 5.69 Å². The van der Waals surface area contributed by atoms with Crippen LogP contribution in [0.25, 0.3) is 0 Å². The van der Waals surface area contributed by atoms with E-state index < -0.39 is 5.91 Å². The maximum atomic E-state index is 12.2. The van der Waals surface area contributed by atoms with E-state index in [1.807, 2.05) is 13.0 Å². The molecule has 0 aliphatic heterocycles. The summed E-state index contributed by atoms with van der Waals surface area (Å²) >= 11 is 6.09. The zero-order chi connectivity index (χ0) is 16.1. The van der Waals surface area contributed by atoms with Crippen molar-refractivity contribution in [1.29, 1.82) is 0 Å². The number of amides is 2. The topological polar surface area (TPSA) is 81.4 Å². The van der Waals surface area contributed by atoms with E-state index in [4.69, 9.17) is 22.1 Å². The van der Waals surface area contributed by atoms with Crippen LogP contribution in [0.3, 0.4) is 0 Å². The van der Waals surface area contributed by atoms with E-state index in [1.54, 1.807) is 30.3 Å². The molecule has 2 rings (SSSR count). The lowest BCUT2D eigenvalue weighted by Crippen LogP contribution is -2.20. The summed E-state index contributed by atoms with van der Waals surface area (Å²) in [6.07, 6.45) is 0. The van der Waals surface area contributed by atoms with E-state index in [0.29, 0.717) is 22.0 Å². The molecule has 0 atom stereocenters. The third kappa shape index (κ3) is 4.23. The zero-order valence-electron chi connectivity index (χ0n) is 11.9. The zero-order valence-corrected chi connectivity index (χ0v) is 12.7. The monoisotopic (exact) mass is 318 g/mol. The molecule has 0 radical (unpaired) electrons. The van der Waals surface area contributed by atoms with Gasteiger partial charge in [-0.2, -0.15) is 0 Å². The highest BCUT2D eigenvalue weighted by Gasteiger charge is 2.10. The van der Waals surface area contributed by atoms with Crippen molar-refractivity contribution in [2.24, 2.45) is 5.73 Å². The highest BCUT2D eigenvalue weighted by Crippen LogP contribution is 2.23. The first-order chi connectivity index (χ1) is 10.5. The first-order valence-corrected chi connectivity index (χ1v) is 6.92. The minimum Gasteiger partial charge on any atom is -0.484 e. The number of rotatable bonds is 5. The molecule has 0 aliphatic carbocycles. The van der Waals surface area contributed by atoms with Gasteiger partial charge in [0.05, 0.1) is 10.7 Å². The summed E-state index contributed by atoms with van der Waals surface area (Å²) in [6, 6.07) is 11.8. The highest BCUT2D eigenvalue weighted by molar-refractivity contribution is 6.34. The second-order valence-electron chi connectivity index (χ2n) is 4.72. The third-order valence-electron chi connectivity index (χ3n) is 2.85. The lowest BCUT2D eigenvalue weighted by Gasteiger charge is -2.09. The molecule has 114 valence electrons. The number of nitrogens with two attached hydrogens (primary N) is 1. The van der Waals surface area contributed by atoms with Gasteiger partial charge in [0.2, 0.25) is 0 Å². The van der Waals surface area contributed by atoms with Crippen molar-refractivity contribution < 1.29 is 14.3 Å². The second-order valence-corrected chi connectivity index (χ2v) is 5.13. The fourth-order valence-electron chi connectivity index (χ4n) is 1.80. The standard InChI is InChI=1S/C16H15ClN2O3/c1-10-5-6-14(13(17)7-10)19-16(21)11-3-2-4-12(8-11)22-9-15(18)20/h2-8H,9H2,1H3,(H2,18,20)(H,19,21). The molecule has 0 saturated heterocycles. The molecule has 2 aromatic rings. The number of benzene rings is 2. The molecule has 2 amide bonds. The molecule has 0 bridgehead atoms. The molecule has 0 aliphatic rings. The molecule has 5 nitrogen and oxygen atoms in total. The Balaban J connectivity index is 2.12. The molecule has 0 saturated carbocycles. The van der Waals surface area contributed by atoms with Gasteiger partial charge >= 0.3 is 0 Å².